The second-order valence-electron chi connectivity index (χ2n) is 4.73. The van der Waals surface area contributed by atoms with E-state index in [9.17, 15) is 4.39 Å². The average Bonchev–Trinajstić information content (AvgIpc) is 2.95. The normalized spacial score (nSPS) is 10.5. The van der Waals surface area contributed by atoms with Crippen LogP contribution in [0.2, 0.25) is 0 Å². The van der Waals surface area contributed by atoms with Crippen LogP contribution in [0.3, 0.4) is 0 Å². The van der Waals surface area contributed by atoms with Crippen LogP contribution in [0.25, 0.3) is 0 Å². The number of aromatic nitrogens is 1. The van der Waals surface area contributed by atoms with Crippen LogP contribution in [0.15, 0.2) is 29.1 Å². The summed E-state index contributed by atoms with van der Waals surface area (Å²) in [6.45, 7) is 1.42. The molecule has 0 saturated carbocycles. The third kappa shape index (κ3) is 4.94. The molecule has 0 radical (unpaired) electrons. The third-order valence-electron chi connectivity index (χ3n) is 2.89. The molecule has 2 rings (SSSR count). The van der Waals surface area contributed by atoms with E-state index >= 15 is 0 Å². The van der Waals surface area contributed by atoms with Gasteiger partial charge in [-0.2, -0.15) is 0 Å². The molecule has 0 aliphatic carbocycles. The van der Waals surface area contributed by atoms with Gasteiger partial charge in [-0.3, -0.25) is 4.90 Å². The molecule has 110 valence electrons. The number of benzene rings is 1. The maximum absolute atomic E-state index is 13.4. The molecule has 3 nitrogen and oxygen atoms in total. The third-order valence-corrected chi connectivity index (χ3v) is 3.52. The van der Waals surface area contributed by atoms with E-state index in [-0.39, 0.29) is 12.4 Å². The zero-order valence-electron chi connectivity index (χ0n) is 11.8. The summed E-state index contributed by atoms with van der Waals surface area (Å²) in [6.07, 6.45) is 0.393. The van der Waals surface area contributed by atoms with Crippen molar-refractivity contribution in [1.29, 1.82) is 0 Å². The van der Waals surface area contributed by atoms with Gasteiger partial charge in [-0.05, 0) is 24.7 Å². The Hall–Kier alpha value is -1.74. The molecule has 0 aliphatic heterocycles. The average molecular weight is 304 g/mol. The fourth-order valence-electron chi connectivity index (χ4n) is 1.96. The number of thiazole rings is 1. The molecule has 0 saturated heterocycles. The van der Waals surface area contributed by atoms with Crippen molar-refractivity contribution in [2.75, 3.05) is 13.7 Å². The summed E-state index contributed by atoms with van der Waals surface area (Å²) < 4.78 is 13.4. The van der Waals surface area contributed by atoms with Gasteiger partial charge in [-0.1, -0.05) is 17.9 Å². The summed E-state index contributed by atoms with van der Waals surface area (Å²) in [7, 11) is 1.99. The lowest BCUT2D eigenvalue weighted by Gasteiger charge is -2.16. The second kappa shape index (κ2) is 7.89. The standard InChI is InChI=1S/C16H17FN2OS/c1-19(10-16-11-21-12-18-16)9-14-5-6-15(17)8-13(14)4-2-3-7-20/h5-6,8,11-12,20H,3,7,9-10H2,1H3. The molecule has 0 bridgehead atoms. The minimum absolute atomic E-state index is 0.0153. The van der Waals surface area contributed by atoms with Gasteiger partial charge in [0.2, 0.25) is 0 Å². The highest BCUT2D eigenvalue weighted by Gasteiger charge is 2.07. The minimum atomic E-state index is -0.297. The molecule has 1 aromatic carbocycles. The van der Waals surface area contributed by atoms with Crippen molar-refractivity contribution in [3.05, 3.63) is 51.7 Å². The van der Waals surface area contributed by atoms with Gasteiger partial charge in [0, 0.05) is 30.5 Å². The van der Waals surface area contributed by atoms with Crippen molar-refractivity contribution in [3.8, 4) is 11.8 Å². The van der Waals surface area contributed by atoms with Gasteiger partial charge in [-0.15, -0.1) is 11.3 Å². The summed E-state index contributed by atoms with van der Waals surface area (Å²) in [4.78, 5) is 6.37. The predicted octanol–water partition coefficient (Wildman–Crippen LogP) is 2.65. The Balaban J connectivity index is 2.10. The van der Waals surface area contributed by atoms with Gasteiger partial charge >= 0.3 is 0 Å². The molecule has 2 aromatic rings. The highest BCUT2D eigenvalue weighted by molar-refractivity contribution is 7.07. The van der Waals surface area contributed by atoms with Crippen molar-refractivity contribution in [3.63, 3.8) is 0 Å². The minimum Gasteiger partial charge on any atom is -0.395 e. The molecule has 1 aromatic heterocycles. The summed E-state index contributed by atoms with van der Waals surface area (Å²) in [5.74, 6) is 5.47. The van der Waals surface area contributed by atoms with E-state index in [1.165, 1.54) is 12.1 Å². The van der Waals surface area contributed by atoms with E-state index in [1.54, 1.807) is 17.4 Å². The number of hydrogen-bond donors (Lipinski definition) is 1. The van der Waals surface area contributed by atoms with E-state index in [4.69, 9.17) is 5.11 Å². The first kappa shape index (κ1) is 15.6. The zero-order valence-corrected chi connectivity index (χ0v) is 12.7. The lowest BCUT2D eigenvalue weighted by atomic mass is 10.1. The van der Waals surface area contributed by atoms with Gasteiger partial charge in [0.05, 0.1) is 17.8 Å². The molecular weight excluding hydrogens is 287 g/mol. The van der Waals surface area contributed by atoms with E-state index in [1.807, 2.05) is 17.9 Å². The van der Waals surface area contributed by atoms with Gasteiger partial charge in [0.25, 0.3) is 0 Å². The quantitative estimate of drug-likeness (QED) is 0.863. The SMILES string of the molecule is CN(Cc1cscn1)Cc1ccc(F)cc1C#CCCO. The van der Waals surface area contributed by atoms with Gasteiger partial charge in [-0.25, -0.2) is 9.37 Å². The number of aliphatic hydroxyl groups is 1. The molecule has 1 heterocycles. The summed E-state index contributed by atoms with van der Waals surface area (Å²) >= 11 is 1.57. The fraction of sp³-hybridized carbons (Fsp3) is 0.312. The summed E-state index contributed by atoms with van der Waals surface area (Å²) in [5, 5.41) is 10.8. The molecule has 21 heavy (non-hydrogen) atoms. The van der Waals surface area contributed by atoms with Crippen LogP contribution in [0, 0.1) is 17.7 Å². The number of halogens is 1. The van der Waals surface area contributed by atoms with Crippen LogP contribution in [-0.4, -0.2) is 28.6 Å². The first-order valence-electron chi connectivity index (χ1n) is 6.63. The molecule has 1 N–H and O–H groups in total. The van der Waals surface area contributed by atoms with Gasteiger partial charge < -0.3 is 5.11 Å². The highest BCUT2D eigenvalue weighted by atomic mass is 32.1. The van der Waals surface area contributed by atoms with Crippen molar-refractivity contribution in [1.82, 2.24) is 9.88 Å². The monoisotopic (exact) mass is 304 g/mol. The van der Waals surface area contributed by atoms with Crippen LogP contribution in [0.5, 0.6) is 0 Å². The molecule has 0 atom stereocenters. The van der Waals surface area contributed by atoms with E-state index in [2.05, 4.69) is 21.7 Å². The first-order chi connectivity index (χ1) is 10.2. The van der Waals surface area contributed by atoms with Crippen LogP contribution in [0.4, 0.5) is 4.39 Å². The van der Waals surface area contributed by atoms with Crippen molar-refractivity contribution in [2.24, 2.45) is 0 Å². The van der Waals surface area contributed by atoms with Gasteiger partial charge in [0.1, 0.15) is 5.82 Å². The fourth-order valence-corrected chi connectivity index (χ4v) is 2.50. The molecule has 0 spiro atoms. The predicted molar refractivity (Wildman–Crippen MR) is 82.3 cm³/mol. The van der Waals surface area contributed by atoms with Crippen molar-refractivity contribution < 1.29 is 9.50 Å². The first-order valence-corrected chi connectivity index (χ1v) is 7.57. The van der Waals surface area contributed by atoms with Crippen molar-refractivity contribution >= 4 is 11.3 Å². The number of aliphatic hydroxyl groups excluding tert-OH is 1. The van der Waals surface area contributed by atoms with Crippen LogP contribution < -0.4 is 0 Å². The maximum atomic E-state index is 13.4. The largest absolute Gasteiger partial charge is 0.395 e. The van der Waals surface area contributed by atoms with Crippen LogP contribution in [0.1, 0.15) is 23.2 Å². The Morgan fingerprint density at radius 2 is 2.24 bits per heavy atom. The molecule has 0 fully saturated rings. The lowest BCUT2D eigenvalue weighted by Crippen LogP contribution is -2.18. The van der Waals surface area contributed by atoms with Gasteiger partial charge in [0.15, 0.2) is 0 Å². The molecule has 0 amide bonds. The topological polar surface area (TPSA) is 36.4 Å². The van der Waals surface area contributed by atoms with Crippen molar-refractivity contribution in [2.45, 2.75) is 19.5 Å². The van der Waals surface area contributed by atoms with Crippen LogP contribution >= 0.6 is 11.3 Å². The smallest absolute Gasteiger partial charge is 0.124 e. The Labute approximate surface area is 128 Å². The number of rotatable bonds is 5. The van der Waals surface area contributed by atoms with E-state index in [0.717, 1.165) is 17.8 Å². The lowest BCUT2D eigenvalue weighted by molar-refractivity contribution is 0.305. The number of nitrogens with zero attached hydrogens (tertiary/aromatic N) is 2. The molecule has 5 heteroatoms. The molecule has 0 unspecified atom stereocenters. The van der Waals surface area contributed by atoms with E-state index < -0.39 is 0 Å². The van der Waals surface area contributed by atoms with E-state index in [0.29, 0.717) is 18.5 Å². The molecule has 0 aliphatic rings. The maximum Gasteiger partial charge on any atom is 0.124 e. The summed E-state index contributed by atoms with van der Waals surface area (Å²) in [6, 6.07) is 4.65. The Morgan fingerprint density at radius 3 is 2.95 bits per heavy atom. The van der Waals surface area contributed by atoms with Crippen LogP contribution in [-0.2, 0) is 13.1 Å². The second-order valence-corrected chi connectivity index (χ2v) is 5.45. The Morgan fingerprint density at radius 1 is 1.38 bits per heavy atom. The Kier molecular flexibility index (Phi) is 5.88. The highest BCUT2D eigenvalue weighted by Crippen LogP contribution is 2.14. The molecular formula is C16H17FN2OS. The number of hydrogen-bond acceptors (Lipinski definition) is 4. The summed E-state index contributed by atoms with van der Waals surface area (Å²) in [5.41, 5.74) is 4.48. The zero-order chi connectivity index (χ0) is 15.1. The Bertz CT molecular complexity index is 631.